The number of nitrogens with zero attached hydrogens (tertiary/aromatic N) is 2. The first-order valence-corrected chi connectivity index (χ1v) is 8.15. The molecule has 0 spiro atoms. The van der Waals surface area contributed by atoms with E-state index in [1.54, 1.807) is 30.7 Å². The van der Waals surface area contributed by atoms with Crippen LogP contribution in [0.2, 0.25) is 0 Å². The third-order valence-corrected chi connectivity index (χ3v) is 3.94. The number of hydrogen-bond donors (Lipinski definition) is 1. The van der Waals surface area contributed by atoms with Gasteiger partial charge in [0, 0.05) is 42.9 Å². The second-order valence-corrected chi connectivity index (χ2v) is 6.21. The number of hydrogen-bond acceptors (Lipinski definition) is 5. The number of carbonyl (C=O) groups excluding carboxylic acids is 1. The number of carbonyl (C=O) groups is 1. The molecular formula is C16H19N3OS2. The van der Waals surface area contributed by atoms with Gasteiger partial charge in [-0.1, -0.05) is 35.6 Å². The van der Waals surface area contributed by atoms with Crippen LogP contribution >= 0.6 is 24.0 Å². The molecule has 0 saturated carbocycles. The molecule has 6 heteroatoms. The summed E-state index contributed by atoms with van der Waals surface area (Å²) in [6.07, 6.45) is 9.08. The lowest BCUT2D eigenvalue weighted by Gasteiger charge is -2.07. The van der Waals surface area contributed by atoms with Gasteiger partial charge in [0.25, 0.3) is 0 Å². The van der Waals surface area contributed by atoms with E-state index in [9.17, 15) is 4.79 Å². The molecule has 0 aliphatic carbocycles. The zero-order valence-corrected chi connectivity index (χ0v) is 14.1. The molecule has 116 valence electrons. The van der Waals surface area contributed by atoms with Gasteiger partial charge in [0.15, 0.2) is 5.78 Å². The van der Waals surface area contributed by atoms with Gasteiger partial charge in [-0.3, -0.25) is 14.8 Å². The number of nitrogens with one attached hydrogen (secondary N) is 1. The van der Waals surface area contributed by atoms with Crippen molar-refractivity contribution in [3.8, 4) is 0 Å². The van der Waals surface area contributed by atoms with Crippen molar-refractivity contribution >= 4 is 40.8 Å². The summed E-state index contributed by atoms with van der Waals surface area (Å²) in [6.45, 7) is 6.03. The third kappa shape index (κ3) is 7.85. The molecule has 1 heterocycles. The van der Waals surface area contributed by atoms with Crippen LogP contribution in [0.3, 0.4) is 0 Å². The van der Waals surface area contributed by atoms with Crippen LogP contribution in [0, 0.1) is 0 Å². The standard InChI is InChI=1S/C16H19N3OS2/c1-13(5-3-8-17-2)11-19-16(21)22-10-7-15(20)14-6-4-9-18-12-14/h3-6,8-9,12H,2,7,10-11H2,1H3,(H,19,21)/b8-3-,13-5+. The number of allylic oxidation sites excluding steroid dienone is 2. The van der Waals surface area contributed by atoms with Gasteiger partial charge in [0.2, 0.25) is 0 Å². The topological polar surface area (TPSA) is 54.4 Å². The van der Waals surface area contributed by atoms with Crippen molar-refractivity contribution in [1.29, 1.82) is 0 Å². The van der Waals surface area contributed by atoms with Crippen LogP contribution in [-0.2, 0) is 0 Å². The molecule has 1 aromatic heterocycles. The molecule has 0 bridgehead atoms. The Morgan fingerprint density at radius 2 is 2.41 bits per heavy atom. The van der Waals surface area contributed by atoms with E-state index in [0.29, 0.717) is 28.6 Å². The van der Waals surface area contributed by atoms with Gasteiger partial charge in [-0.15, -0.1) is 0 Å². The normalized spacial score (nSPS) is 11.4. The number of thioether (sulfide) groups is 1. The molecule has 0 atom stereocenters. The van der Waals surface area contributed by atoms with Gasteiger partial charge < -0.3 is 5.32 Å². The Hall–Kier alpha value is -1.79. The molecule has 0 aromatic carbocycles. The number of thiocarbonyl (C=S) groups is 1. The summed E-state index contributed by atoms with van der Waals surface area (Å²) in [5.74, 6) is 0.740. The maximum atomic E-state index is 11.9. The molecular weight excluding hydrogens is 314 g/mol. The van der Waals surface area contributed by atoms with Crippen LogP contribution in [0.1, 0.15) is 23.7 Å². The smallest absolute Gasteiger partial charge is 0.165 e. The number of aromatic nitrogens is 1. The summed E-state index contributed by atoms with van der Waals surface area (Å²) in [5.41, 5.74) is 1.78. The molecule has 0 radical (unpaired) electrons. The highest BCUT2D eigenvalue weighted by molar-refractivity contribution is 8.22. The third-order valence-electron chi connectivity index (χ3n) is 2.63. The van der Waals surface area contributed by atoms with E-state index in [1.165, 1.54) is 11.8 Å². The van der Waals surface area contributed by atoms with Crippen molar-refractivity contribution in [3.63, 3.8) is 0 Å². The van der Waals surface area contributed by atoms with E-state index in [0.717, 1.165) is 5.57 Å². The van der Waals surface area contributed by atoms with Crippen LogP contribution in [0.4, 0.5) is 0 Å². The Morgan fingerprint density at radius 1 is 1.59 bits per heavy atom. The van der Waals surface area contributed by atoms with Crippen molar-refractivity contribution in [2.45, 2.75) is 13.3 Å². The second kappa shape index (κ2) is 10.9. The minimum absolute atomic E-state index is 0.0848. The van der Waals surface area contributed by atoms with E-state index in [4.69, 9.17) is 12.2 Å². The van der Waals surface area contributed by atoms with Gasteiger partial charge in [-0.2, -0.15) is 0 Å². The first-order chi connectivity index (χ1) is 10.6. The van der Waals surface area contributed by atoms with Crippen molar-refractivity contribution in [2.24, 2.45) is 4.99 Å². The van der Waals surface area contributed by atoms with Crippen molar-refractivity contribution < 1.29 is 4.79 Å². The largest absolute Gasteiger partial charge is 0.367 e. The van der Waals surface area contributed by atoms with Crippen LogP contribution in [0.25, 0.3) is 0 Å². The van der Waals surface area contributed by atoms with E-state index < -0.39 is 0 Å². The Bertz CT molecular complexity index is 568. The Morgan fingerprint density at radius 3 is 3.09 bits per heavy atom. The Kier molecular flexibility index (Phi) is 9.02. The highest BCUT2D eigenvalue weighted by atomic mass is 32.2. The predicted octanol–water partition coefficient (Wildman–Crippen LogP) is 3.42. The summed E-state index contributed by atoms with van der Waals surface area (Å²) in [6, 6.07) is 3.54. The number of rotatable bonds is 8. The highest BCUT2D eigenvalue weighted by Gasteiger charge is 2.06. The lowest BCUT2D eigenvalue weighted by Crippen LogP contribution is -2.21. The average molecular weight is 333 g/mol. The lowest BCUT2D eigenvalue weighted by atomic mass is 10.1. The maximum Gasteiger partial charge on any atom is 0.165 e. The molecule has 0 aliphatic heterocycles. The van der Waals surface area contributed by atoms with Gasteiger partial charge in [-0.05, 0) is 31.9 Å². The van der Waals surface area contributed by atoms with Crippen molar-refractivity contribution in [1.82, 2.24) is 10.3 Å². The minimum atomic E-state index is 0.0848. The SMILES string of the molecule is C=N/C=C\C=C(/C)CNC(=S)SCCC(=O)c1cccnc1. The summed E-state index contributed by atoms with van der Waals surface area (Å²) in [4.78, 5) is 19.5. The number of ketones is 1. The fourth-order valence-electron chi connectivity index (χ4n) is 1.50. The summed E-state index contributed by atoms with van der Waals surface area (Å²) in [5, 5.41) is 3.15. The Labute approximate surface area is 140 Å². The van der Waals surface area contributed by atoms with Gasteiger partial charge in [0.1, 0.15) is 4.32 Å². The van der Waals surface area contributed by atoms with Crippen molar-refractivity contribution in [2.75, 3.05) is 12.3 Å². The first kappa shape index (κ1) is 18.3. The average Bonchev–Trinajstić information content (AvgIpc) is 2.54. The zero-order chi connectivity index (χ0) is 16.2. The number of aliphatic imine (C=N–C) groups is 1. The second-order valence-electron chi connectivity index (χ2n) is 4.44. The molecule has 22 heavy (non-hydrogen) atoms. The molecule has 0 aliphatic rings. The summed E-state index contributed by atoms with van der Waals surface area (Å²) in [7, 11) is 0. The highest BCUT2D eigenvalue weighted by Crippen LogP contribution is 2.09. The number of Topliss-reactive ketones (excluding diaryl/α,β-unsaturated/α-hetero) is 1. The first-order valence-electron chi connectivity index (χ1n) is 6.75. The van der Waals surface area contributed by atoms with Crippen LogP contribution in [0.15, 0.2) is 53.4 Å². The zero-order valence-electron chi connectivity index (χ0n) is 12.5. The van der Waals surface area contributed by atoms with E-state index >= 15 is 0 Å². The molecule has 0 saturated heterocycles. The molecule has 0 amide bonds. The molecule has 1 N–H and O–H groups in total. The fourth-order valence-corrected chi connectivity index (χ4v) is 2.47. The molecule has 1 aromatic rings. The lowest BCUT2D eigenvalue weighted by molar-refractivity contribution is 0.0989. The van der Waals surface area contributed by atoms with E-state index in [2.05, 4.69) is 22.0 Å². The van der Waals surface area contributed by atoms with Crippen LogP contribution in [0.5, 0.6) is 0 Å². The maximum absolute atomic E-state index is 11.9. The minimum Gasteiger partial charge on any atom is -0.367 e. The molecule has 1 rings (SSSR count). The van der Waals surface area contributed by atoms with Crippen LogP contribution in [-0.4, -0.2) is 34.1 Å². The fraction of sp³-hybridized carbons (Fsp3) is 0.250. The molecule has 0 unspecified atom stereocenters. The quantitative estimate of drug-likeness (QED) is 0.342. The van der Waals surface area contributed by atoms with E-state index in [1.807, 2.05) is 19.1 Å². The Balaban J connectivity index is 2.23. The van der Waals surface area contributed by atoms with Crippen molar-refractivity contribution in [3.05, 3.63) is 54.0 Å². The van der Waals surface area contributed by atoms with E-state index in [-0.39, 0.29) is 5.78 Å². The molecule has 4 nitrogen and oxygen atoms in total. The van der Waals surface area contributed by atoms with Gasteiger partial charge in [0.05, 0.1) is 0 Å². The predicted molar refractivity (Wildman–Crippen MR) is 98.7 cm³/mol. The summed E-state index contributed by atoms with van der Waals surface area (Å²) >= 11 is 6.71. The molecule has 0 fully saturated rings. The monoisotopic (exact) mass is 333 g/mol. The summed E-state index contributed by atoms with van der Waals surface area (Å²) < 4.78 is 0.692. The van der Waals surface area contributed by atoms with Gasteiger partial charge in [-0.25, -0.2) is 0 Å². The van der Waals surface area contributed by atoms with Crippen LogP contribution < -0.4 is 5.32 Å². The number of pyridine rings is 1. The van der Waals surface area contributed by atoms with Gasteiger partial charge >= 0.3 is 0 Å².